The van der Waals surface area contributed by atoms with Crippen LogP contribution in [0.2, 0.25) is 10.0 Å². The number of likely N-dealkylation sites (tertiary alicyclic amines) is 1. The number of benzene rings is 3. The van der Waals surface area contributed by atoms with Crippen molar-refractivity contribution in [2.24, 2.45) is 0 Å². The fourth-order valence-corrected chi connectivity index (χ4v) is 5.58. The highest BCUT2D eigenvalue weighted by Crippen LogP contribution is 2.43. The smallest absolute Gasteiger partial charge is 0.218 e. The summed E-state index contributed by atoms with van der Waals surface area (Å²) in [6.45, 7) is 1.05. The molecule has 0 amide bonds. The number of pyridine rings is 1. The van der Waals surface area contributed by atoms with E-state index in [1.165, 1.54) is 6.07 Å². The highest BCUT2D eigenvalue weighted by atomic mass is 35.5. The van der Waals surface area contributed by atoms with Crippen molar-refractivity contribution in [2.75, 3.05) is 26.0 Å². The molecule has 8 heteroatoms. The van der Waals surface area contributed by atoms with Gasteiger partial charge in [-0.3, -0.25) is 9.69 Å². The van der Waals surface area contributed by atoms with Crippen molar-refractivity contribution >= 4 is 40.9 Å². The molecule has 38 heavy (non-hydrogen) atoms. The third-order valence-electron chi connectivity index (χ3n) is 6.95. The van der Waals surface area contributed by atoms with Gasteiger partial charge in [-0.1, -0.05) is 59.6 Å². The zero-order valence-electron chi connectivity index (χ0n) is 21.0. The zero-order valence-corrected chi connectivity index (χ0v) is 22.5. The minimum atomic E-state index is -0.642. The van der Waals surface area contributed by atoms with E-state index in [2.05, 4.69) is 23.3 Å². The Bertz CT molecular complexity index is 1510. The Kier molecular flexibility index (Phi) is 7.65. The number of carbonyl (C=O) groups excluding carboxylic acids is 1. The Hall–Kier alpha value is -3.45. The van der Waals surface area contributed by atoms with Crippen LogP contribution < -0.4 is 10.1 Å². The van der Waals surface area contributed by atoms with Crippen molar-refractivity contribution in [1.29, 1.82) is 0 Å². The summed E-state index contributed by atoms with van der Waals surface area (Å²) in [5.41, 5.74) is 4.48. The van der Waals surface area contributed by atoms with Crippen LogP contribution in [0.15, 0.2) is 66.7 Å². The molecule has 1 atom stereocenters. The zero-order chi connectivity index (χ0) is 26.8. The molecular weight excluding hydrogens is 524 g/mol. The summed E-state index contributed by atoms with van der Waals surface area (Å²) in [4.78, 5) is 18.3. The lowest BCUT2D eigenvalue weighted by Gasteiger charge is -2.22. The minimum absolute atomic E-state index is 0.0356. The van der Waals surface area contributed by atoms with Crippen molar-refractivity contribution in [2.45, 2.75) is 18.9 Å². The summed E-state index contributed by atoms with van der Waals surface area (Å²) >= 11 is 13.7. The molecule has 194 valence electrons. The molecule has 1 saturated heterocycles. The van der Waals surface area contributed by atoms with Crippen LogP contribution in [-0.4, -0.2) is 36.9 Å². The van der Waals surface area contributed by atoms with Crippen molar-refractivity contribution in [1.82, 2.24) is 9.88 Å². The molecule has 1 N–H and O–H groups in total. The van der Waals surface area contributed by atoms with E-state index in [1.54, 1.807) is 25.3 Å². The predicted molar refractivity (Wildman–Crippen MR) is 151 cm³/mol. The number of halogens is 3. The largest absolute Gasteiger partial charge is 0.481 e. The van der Waals surface area contributed by atoms with Crippen LogP contribution in [0.5, 0.6) is 5.88 Å². The van der Waals surface area contributed by atoms with Crippen LogP contribution in [0.4, 0.5) is 15.8 Å². The molecule has 3 aromatic carbocycles. The molecule has 5 rings (SSSR count). The fraction of sp³-hybridized carbons (Fsp3) is 0.200. The van der Waals surface area contributed by atoms with Crippen LogP contribution >= 0.6 is 23.2 Å². The minimum Gasteiger partial charge on any atom is -0.481 e. The van der Waals surface area contributed by atoms with Crippen LogP contribution in [0.25, 0.3) is 22.4 Å². The Morgan fingerprint density at radius 3 is 2.37 bits per heavy atom. The van der Waals surface area contributed by atoms with E-state index >= 15 is 0 Å². The average molecular weight is 550 g/mol. The van der Waals surface area contributed by atoms with E-state index in [0.29, 0.717) is 44.7 Å². The third kappa shape index (κ3) is 4.87. The highest BCUT2D eigenvalue weighted by molar-refractivity contribution is 6.39. The number of hydrogen-bond donors (Lipinski definition) is 1. The number of aromatic nitrogens is 1. The van der Waals surface area contributed by atoms with Crippen LogP contribution in [-0.2, 0) is 0 Å². The predicted octanol–water partition coefficient (Wildman–Crippen LogP) is 8.19. The number of carbonyl (C=O) groups is 1. The van der Waals surface area contributed by atoms with Gasteiger partial charge in [-0.05, 0) is 56.8 Å². The molecule has 0 saturated carbocycles. The van der Waals surface area contributed by atoms with Crippen LogP contribution in [0.1, 0.15) is 34.8 Å². The Morgan fingerprint density at radius 1 is 0.974 bits per heavy atom. The van der Waals surface area contributed by atoms with E-state index in [0.717, 1.165) is 30.5 Å². The highest BCUT2D eigenvalue weighted by Gasteiger charge is 2.26. The summed E-state index contributed by atoms with van der Waals surface area (Å²) in [6.07, 6.45) is 2.69. The topological polar surface area (TPSA) is 54.5 Å². The Morgan fingerprint density at radius 2 is 1.66 bits per heavy atom. The first-order valence-corrected chi connectivity index (χ1v) is 13.0. The van der Waals surface area contributed by atoms with Gasteiger partial charge >= 0.3 is 0 Å². The third-order valence-corrected chi connectivity index (χ3v) is 7.77. The summed E-state index contributed by atoms with van der Waals surface area (Å²) in [6, 6.07) is 20.0. The number of nitrogens with zero attached hydrogens (tertiary/aromatic N) is 2. The summed E-state index contributed by atoms with van der Waals surface area (Å²) in [7, 11) is 3.75. The molecule has 1 fully saturated rings. The van der Waals surface area contributed by atoms with E-state index < -0.39 is 5.82 Å². The van der Waals surface area contributed by atoms with Gasteiger partial charge in [0.05, 0.1) is 39.8 Å². The molecule has 1 aliphatic heterocycles. The van der Waals surface area contributed by atoms with E-state index in [-0.39, 0.29) is 17.3 Å². The maximum absolute atomic E-state index is 14.7. The number of anilines is 2. The number of hydrogen-bond acceptors (Lipinski definition) is 5. The number of rotatable bonds is 7. The lowest BCUT2D eigenvalue weighted by molar-refractivity contribution is 0.112. The van der Waals surface area contributed by atoms with Gasteiger partial charge in [-0.15, -0.1) is 0 Å². The molecule has 0 bridgehead atoms. The molecule has 0 spiro atoms. The van der Waals surface area contributed by atoms with Crippen LogP contribution in [0, 0.1) is 5.82 Å². The second-order valence-corrected chi connectivity index (χ2v) is 9.98. The second-order valence-electron chi connectivity index (χ2n) is 9.22. The molecule has 5 nitrogen and oxygen atoms in total. The normalized spacial score (nSPS) is 15.4. The number of ether oxygens (including phenoxy) is 1. The number of nitrogens with one attached hydrogen (secondary N) is 1. The molecular formula is C30H26Cl2FN3O2. The first-order valence-electron chi connectivity index (χ1n) is 12.3. The van der Waals surface area contributed by atoms with E-state index in [1.807, 2.05) is 36.4 Å². The lowest BCUT2D eigenvalue weighted by atomic mass is 9.99. The Labute approximate surface area is 231 Å². The molecule has 4 aromatic rings. The van der Waals surface area contributed by atoms with Gasteiger partial charge < -0.3 is 10.1 Å². The first-order chi connectivity index (χ1) is 18.4. The van der Waals surface area contributed by atoms with Gasteiger partial charge in [0, 0.05) is 28.3 Å². The SMILES string of the molecule is COc1nc(-c2cccc(-c3cccc(Nc4cccc(C=O)c4F)c3Cl)c2Cl)ccc1C1CCCN1C. The van der Waals surface area contributed by atoms with E-state index in [4.69, 9.17) is 32.9 Å². The molecule has 2 heterocycles. The summed E-state index contributed by atoms with van der Waals surface area (Å²) in [5, 5.41) is 3.86. The monoisotopic (exact) mass is 549 g/mol. The lowest BCUT2D eigenvalue weighted by Crippen LogP contribution is -2.18. The Balaban J connectivity index is 1.52. The van der Waals surface area contributed by atoms with Gasteiger partial charge in [0.1, 0.15) is 0 Å². The maximum Gasteiger partial charge on any atom is 0.218 e. The summed E-state index contributed by atoms with van der Waals surface area (Å²) in [5.74, 6) is -0.0530. The number of aldehydes is 1. The van der Waals surface area contributed by atoms with E-state index in [9.17, 15) is 9.18 Å². The first kappa shape index (κ1) is 26.2. The van der Waals surface area contributed by atoms with Gasteiger partial charge in [0.25, 0.3) is 0 Å². The van der Waals surface area contributed by atoms with Gasteiger partial charge in [0.2, 0.25) is 5.88 Å². The van der Waals surface area contributed by atoms with Crippen molar-refractivity contribution in [3.8, 4) is 28.3 Å². The molecule has 1 aromatic heterocycles. The molecule has 0 aliphatic carbocycles. The van der Waals surface area contributed by atoms with Gasteiger partial charge in [-0.25, -0.2) is 9.37 Å². The average Bonchev–Trinajstić information content (AvgIpc) is 3.36. The molecule has 0 radical (unpaired) electrons. The fourth-order valence-electron chi connectivity index (χ4n) is 4.98. The van der Waals surface area contributed by atoms with Crippen molar-refractivity contribution in [3.63, 3.8) is 0 Å². The van der Waals surface area contributed by atoms with Crippen molar-refractivity contribution in [3.05, 3.63) is 93.7 Å². The van der Waals surface area contributed by atoms with Crippen LogP contribution in [0.3, 0.4) is 0 Å². The quantitative estimate of drug-likeness (QED) is 0.235. The molecule has 1 unspecified atom stereocenters. The van der Waals surface area contributed by atoms with Crippen molar-refractivity contribution < 1.29 is 13.9 Å². The molecule has 1 aliphatic rings. The summed E-state index contributed by atoms with van der Waals surface area (Å²) < 4.78 is 20.3. The number of methoxy groups -OCH3 is 1. The van der Waals surface area contributed by atoms with Gasteiger partial charge in [0.15, 0.2) is 12.1 Å². The maximum atomic E-state index is 14.7. The second kappa shape index (κ2) is 11.1. The van der Waals surface area contributed by atoms with Gasteiger partial charge in [-0.2, -0.15) is 0 Å². The standard InChI is InChI=1S/C30H26Cl2FN3O2/c1-36-16-6-13-26(36)22-14-15-23(35-30(22)38-2)21-10-4-8-19(27(21)31)20-9-5-11-24(28(20)32)34-25-12-3-7-18(17-37)29(25)33/h3-5,7-12,14-15,17,26,34H,6,13,16H2,1-2H3.